The zero-order chi connectivity index (χ0) is 4.41. The standard InChI is InChI=1S/C4H7NO/c1-2-5-3-4-6-5/h2H,1,3-4H2. The van der Waals surface area contributed by atoms with Crippen molar-refractivity contribution in [2.24, 2.45) is 0 Å². The molecule has 1 aliphatic heterocycles. The van der Waals surface area contributed by atoms with Crippen LogP contribution in [0.3, 0.4) is 0 Å². The van der Waals surface area contributed by atoms with Crippen molar-refractivity contribution in [3.05, 3.63) is 12.8 Å². The summed E-state index contributed by atoms with van der Waals surface area (Å²) in [7, 11) is 0. The van der Waals surface area contributed by atoms with Crippen LogP contribution in [-0.2, 0) is 4.84 Å². The van der Waals surface area contributed by atoms with Crippen molar-refractivity contribution in [2.45, 2.75) is 0 Å². The molecule has 0 aromatic heterocycles. The molecule has 2 nitrogen and oxygen atoms in total. The second kappa shape index (κ2) is 1.30. The maximum Gasteiger partial charge on any atom is 0.0948 e. The quantitative estimate of drug-likeness (QED) is 0.456. The van der Waals surface area contributed by atoms with Gasteiger partial charge < -0.3 is 0 Å². The topological polar surface area (TPSA) is 12.5 Å². The Morgan fingerprint density at radius 2 is 2.50 bits per heavy atom. The Hall–Kier alpha value is -0.500. The maximum absolute atomic E-state index is 4.80. The molecule has 0 amide bonds. The van der Waals surface area contributed by atoms with E-state index in [-0.39, 0.29) is 0 Å². The molecule has 0 N–H and O–H groups in total. The Kier molecular flexibility index (Phi) is 0.801. The van der Waals surface area contributed by atoms with Crippen molar-refractivity contribution in [1.82, 2.24) is 5.06 Å². The molecule has 1 fully saturated rings. The van der Waals surface area contributed by atoms with Crippen LogP contribution < -0.4 is 0 Å². The first-order valence-electron chi connectivity index (χ1n) is 1.95. The minimum Gasteiger partial charge on any atom is -0.272 e. The lowest BCUT2D eigenvalue weighted by atomic mass is 10.6. The van der Waals surface area contributed by atoms with Crippen LogP contribution in [0, 0.1) is 0 Å². The summed E-state index contributed by atoms with van der Waals surface area (Å²) in [5.41, 5.74) is 0. The number of nitrogens with zero attached hydrogens (tertiary/aromatic N) is 1. The minimum atomic E-state index is 0.853. The van der Waals surface area contributed by atoms with E-state index in [1.807, 2.05) is 0 Å². The molecule has 1 heterocycles. The van der Waals surface area contributed by atoms with Gasteiger partial charge in [0, 0.05) is 6.20 Å². The van der Waals surface area contributed by atoms with Crippen molar-refractivity contribution in [3.63, 3.8) is 0 Å². The predicted octanol–water partition coefficient (Wildman–Crippen LogP) is 0.377. The molecule has 0 unspecified atom stereocenters. The Morgan fingerprint density at radius 1 is 1.83 bits per heavy atom. The Morgan fingerprint density at radius 3 is 2.50 bits per heavy atom. The largest absolute Gasteiger partial charge is 0.272 e. The highest BCUT2D eigenvalue weighted by Gasteiger charge is 2.06. The van der Waals surface area contributed by atoms with Crippen LogP contribution in [0.15, 0.2) is 12.8 Å². The summed E-state index contributed by atoms with van der Waals surface area (Å²) in [6.45, 7) is 5.34. The average molecular weight is 85.1 g/mol. The van der Waals surface area contributed by atoms with E-state index < -0.39 is 0 Å². The van der Waals surface area contributed by atoms with Crippen molar-refractivity contribution in [2.75, 3.05) is 13.2 Å². The molecule has 0 radical (unpaired) electrons. The lowest BCUT2D eigenvalue weighted by molar-refractivity contribution is -0.210. The highest BCUT2D eigenvalue weighted by atomic mass is 16.7. The summed E-state index contributed by atoms with van der Waals surface area (Å²) in [5, 5.41) is 1.69. The highest BCUT2D eigenvalue weighted by molar-refractivity contribution is 4.66. The average Bonchev–Trinajstić information content (AvgIpc) is 1.31. The number of hydrogen-bond donors (Lipinski definition) is 0. The molecular weight excluding hydrogens is 78.0 g/mol. The fraction of sp³-hybridized carbons (Fsp3) is 0.500. The Labute approximate surface area is 37.0 Å². The second-order valence-corrected chi connectivity index (χ2v) is 1.16. The molecule has 6 heavy (non-hydrogen) atoms. The minimum absolute atomic E-state index is 0.853. The van der Waals surface area contributed by atoms with Crippen LogP contribution in [-0.4, -0.2) is 18.2 Å². The van der Waals surface area contributed by atoms with Crippen molar-refractivity contribution < 1.29 is 4.84 Å². The molecule has 0 bridgehead atoms. The Balaban J connectivity index is 2.16. The lowest BCUT2D eigenvalue weighted by Crippen LogP contribution is -2.34. The molecule has 0 aliphatic carbocycles. The van der Waals surface area contributed by atoms with Gasteiger partial charge in [-0.3, -0.25) is 9.90 Å². The molecule has 0 aromatic carbocycles. The van der Waals surface area contributed by atoms with Gasteiger partial charge in [-0.15, -0.1) is 0 Å². The van der Waals surface area contributed by atoms with Gasteiger partial charge in [-0.25, -0.2) is 0 Å². The van der Waals surface area contributed by atoms with Gasteiger partial charge in [0.05, 0.1) is 13.2 Å². The summed E-state index contributed by atoms with van der Waals surface area (Å²) < 4.78 is 0. The highest BCUT2D eigenvalue weighted by Crippen LogP contribution is 1.99. The van der Waals surface area contributed by atoms with E-state index in [4.69, 9.17) is 4.84 Å². The van der Waals surface area contributed by atoms with Crippen LogP contribution in [0.25, 0.3) is 0 Å². The predicted molar refractivity (Wildman–Crippen MR) is 22.9 cm³/mol. The monoisotopic (exact) mass is 85.1 g/mol. The SMILES string of the molecule is C=CN1CCO1. The van der Waals surface area contributed by atoms with Crippen LogP contribution in [0.4, 0.5) is 0 Å². The first kappa shape index (κ1) is 3.68. The van der Waals surface area contributed by atoms with E-state index >= 15 is 0 Å². The normalized spacial score (nSPS) is 19.7. The number of rotatable bonds is 1. The van der Waals surface area contributed by atoms with Gasteiger partial charge in [0.1, 0.15) is 0 Å². The van der Waals surface area contributed by atoms with Crippen LogP contribution in [0.5, 0.6) is 0 Å². The third kappa shape index (κ3) is 0.389. The van der Waals surface area contributed by atoms with Crippen molar-refractivity contribution >= 4 is 0 Å². The zero-order valence-electron chi connectivity index (χ0n) is 3.55. The smallest absolute Gasteiger partial charge is 0.0948 e. The number of hydrogen-bond acceptors (Lipinski definition) is 2. The number of hydroxylamine groups is 2. The molecule has 1 aliphatic rings. The fourth-order valence-corrected chi connectivity index (χ4v) is 0.341. The summed E-state index contributed by atoms with van der Waals surface area (Å²) >= 11 is 0. The van der Waals surface area contributed by atoms with Gasteiger partial charge in [0.15, 0.2) is 0 Å². The molecular formula is C4H7NO. The van der Waals surface area contributed by atoms with E-state index in [0.717, 1.165) is 13.2 Å². The zero-order valence-corrected chi connectivity index (χ0v) is 3.55. The molecule has 1 rings (SSSR count). The van der Waals surface area contributed by atoms with E-state index in [1.54, 1.807) is 11.3 Å². The lowest BCUT2D eigenvalue weighted by Gasteiger charge is -2.27. The Bertz CT molecular complexity index is 58.6. The van der Waals surface area contributed by atoms with Gasteiger partial charge in [0.25, 0.3) is 0 Å². The van der Waals surface area contributed by atoms with Gasteiger partial charge in [-0.1, -0.05) is 6.58 Å². The van der Waals surface area contributed by atoms with Gasteiger partial charge >= 0.3 is 0 Å². The van der Waals surface area contributed by atoms with Gasteiger partial charge in [-0.2, -0.15) is 0 Å². The van der Waals surface area contributed by atoms with E-state index in [2.05, 4.69) is 6.58 Å². The maximum atomic E-state index is 4.80. The summed E-state index contributed by atoms with van der Waals surface area (Å²) in [6.07, 6.45) is 1.67. The first-order valence-corrected chi connectivity index (χ1v) is 1.95. The summed E-state index contributed by atoms with van der Waals surface area (Å²) in [5.74, 6) is 0. The van der Waals surface area contributed by atoms with Crippen LogP contribution in [0.2, 0.25) is 0 Å². The van der Waals surface area contributed by atoms with Crippen molar-refractivity contribution in [3.8, 4) is 0 Å². The molecule has 0 saturated carbocycles. The molecule has 0 atom stereocenters. The van der Waals surface area contributed by atoms with E-state index in [0.29, 0.717) is 0 Å². The molecule has 2 heteroatoms. The van der Waals surface area contributed by atoms with Gasteiger partial charge in [0.2, 0.25) is 0 Å². The molecule has 1 saturated heterocycles. The molecule has 0 aromatic rings. The van der Waals surface area contributed by atoms with E-state index in [1.165, 1.54) is 0 Å². The van der Waals surface area contributed by atoms with Crippen LogP contribution in [0.1, 0.15) is 0 Å². The third-order valence-corrected chi connectivity index (χ3v) is 0.772. The molecule has 34 valence electrons. The fourth-order valence-electron chi connectivity index (χ4n) is 0.341. The molecule has 0 spiro atoms. The summed E-state index contributed by atoms with van der Waals surface area (Å²) in [6, 6.07) is 0. The second-order valence-electron chi connectivity index (χ2n) is 1.16. The van der Waals surface area contributed by atoms with Crippen molar-refractivity contribution in [1.29, 1.82) is 0 Å². The summed E-state index contributed by atoms with van der Waals surface area (Å²) in [4.78, 5) is 4.80. The first-order chi connectivity index (χ1) is 2.93. The van der Waals surface area contributed by atoms with E-state index in [9.17, 15) is 0 Å². The third-order valence-electron chi connectivity index (χ3n) is 0.772. The van der Waals surface area contributed by atoms with Gasteiger partial charge in [-0.05, 0) is 0 Å². The van der Waals surface area contributed by atoms with Crippen LogP contribution >= 0.6 is 0 Å².